The van der Waals surface area contributed by atoms with E-state index in [1.54, 1.807) is 7.11 Å². The van der Waals surface area contributed by atoms with Gasteiger partial charge in [-0.15, -0.1) is 0 Å². The van der Waals surface area contributed by atoms with Crippen molar-refractivity contribution in [3.05, 3.63) is 23.8 Å². The van der Waals surface area contributed by atoms with E-state index in [4.69, 9.17) is 9.84 Å². The number of fused-ring (bicyclic) bond motifs is 1. The largest absolute Gasteiger partial charge is 0.495 e. The number of rotatable bonds is 3. The number of nitrogens with zero attached hydrogens (tertiary/aromatic N) is 1. The van der Waals surface area contributed by atoms with Crippen molar-refractivity contribution < 1.29 is 9.84 Å². The molecule has 2 rings (SSSR count). The number of anilines is 1. The van der Waals surface area contributed by atoms with E-state index in [2.05, 4.69) is 11.0 Å². The molecule has 0 bridgehead atoms. The van der Waals surface area contributed by atoms with Crippen molar-refractivity contribution in [2.24, 2.45) is 0 Å². The minimum atomic E-state index is 0.192. The van der Waals surface area contributed by atoms with Gasteiger partial charge >= 0.3 is 0 Å². The van der Waals surface area contributed by atoms with E-state index in [9.17, 15) is 0 Å². The van der Waals surface area contributed by atoms with Gasteiger partial charge in [0.15, 0.2) is 0 Å². The molecule has 1 aromatic rings. The zero-order valence-electron chi connectivity index (χ0n) is 9.07. The first-order valence-electron chi connectivity index (χ1n) is 5.38. The molecule has 0 amide bonds. The first-order valence-corrected chi connectivity index (χ1v) is 5.38. The van der Waals surface area contributed by atoms with Crippen molar-refractivity contribution in [2.45, 2.75) is 12.8 Å². The molecule has 3 heteroatoms. The fourth-order valence-corrected chi connectivity index (χ4v) is 2.21. The molecule has 82 valence electrons. The Hall–Kier alpha value is -1.22. The average molecular weight is 207 g/mol. The molecule has 0 saturated carbocycles. The van der Waals surface area contributed by atoms with Gasteiger partial charge in [0.1, 0.15) is 5.75 Å². The second-order valence-corrected chi connectivity index (χ2v) is 3.78. The van der Waals surface area contributed by atoms with E-state index in [0.29, 0.717) is 6.54 Å². The third-order valence-corrected chi connectivity index (χ3v) is 2.86. The zero-order chi connectivity index (χ0) is 10.7. The summed E-state index contributed by atoms with van der Waals surface area (Å²) in [7, 11) is 1.70. The van der Waals surface area contributed by atoms with Crippen LogP contribution < -0.4 is 9.64 Å². The number of hydrogen-bond acceptors (Lipinski definition) is 3. The fourth-order valence-electron chi connectivity index (χ4n) is 2.21. The number of β-amino-alcohol motifs (C(OH)–C–C–N with tert-alkyl or cyclic N) is 1. The molecule has 1 N–H and O–H groups in total. The predicted octanol–water partition coefficient (Wildman–Crippen LogP) is 1.44. The Morgan fingerprint density at radius 3 is 3.07 bits per heavy atom. The van der Waals surface area contributed by atoms with Gasteiger partial charge in [0.05, 0.1) is 19.4 Å². The van der Waals surface area contributed by atoms with E-state index in [-0.39, 0.29) is 6.61 Å². The summed E-state index contributed by atoms with van der Waals surface area (Å²) in [5.74, 6) is 0.917. The summed E-state index contributed by atoms with van der Waals surface area (Å²) in [6, 6.07) is 6.15. The normalized spacial score (nSPS) is 14.9. The monoisotopic (exact) mass is 207 g/mol. The summed E-state index contributed by atoms with van der Waals surface area (Å²) in [5, 5.41) is 9.03. The highest BCUT2D eigenvalue weighted by Gasteiger charge is 2.19. The molecular formula is C12H17NO2. The molecule has 1 aliphatic rings. The Labute approximate surface area is 90.3 Å². The molecule has 0 saturated heterocycles. The average Bonchev–Trinajstić information content (AvgIpc) is 2.29. The molecule has 15 heavy (non-hydrogen) atoms. The summed E-state index contributed by atoms with van der Waals surface area (Å²) in [6.07, 6.45) is 2.26. The Kier molecular flexibility index (Phi) is 3.11. The molecule has 0 aliphatic carbocycles. The van der Waals surface area contributed by atoms with Crippen LogP contribution in [0.3, 0.4) is 0 Å². The van der Waals surface area contributed by atoms with Gasteiger partial charge in [0.25, 0.3) is 0 Å². The van der Waals surface area contributed by atoms with Crippen LogP contribution in [-0.2, 0) is 6.42 Å². The van der Waals surface area contributed by atoms with E-state index >= 15 is 0 Å². The summed E-state index contributed by atoms with van der Waals surface area (Å²) < 4.78 is 5.37. The van der Waals surface area contributed by atoms with Gasteiger partial charge in [0.2, 0.25) is 0 Å². The molecule has 1 aromatic carbocycles. The number of para-hydroxylation sites is 1. The standard InChI is InChI=1S/C12H17NO2/c1-15-11-6-2-4-10-5-3-7-13(8-9-14)12(10)11/h2,4,6,14H,3,5,7-9H2,1H3. The lowest BCUT2D eigenvalue weighted by Crippen LogP contribution is -2.32. The predicted molar refractivity (Wildman–Crippen MR) is 60.6 cm³/mol. The number of benzene rings is 1. The van der Waals surface area contributed by atoms with Crippen LogP contribution in [0.5, 0.6) is 5.75 Å². The van der Waals surface area contributed by atoms with Crippen LogP contribution in [0.1, 0.15) is 12.0 Å². The van der Waals surface area contributed by atoms with Crippen LogP contribution in [-0.4, -0.2) is 31.9 Å². The lowest BCUT2D eigenvalue weighted by atomic mass is 10.0. The van der Waals surface area contributed by atoms with Gasteiger partial charge in [-0.2, -0.15) is 0 Å². The van der Waals surface area contributed by atoms with E-state index in [0.717, 1.165) is 25.1 Å². The van der Waals surface area contributed by atoms with Crippen molar-refractivity contribution in [1.82, 2.24) is 0 Å². The van der Waals surface area contributed by atoms with Gasteiger partial charge in [-0.1, -0.05) is 12.1 Å². The number of aliphatic hydroxyl groups excluding tert-OH is 1. The number of aryl methyl sites for hydroxylation is 1. The van der Waals surface area contributed by atoms with Crippen LogP contribution in [0.15, 0.2) is 18.2 Å². The molecule has 1 aliphatic heterocycles. The van der Waals surface area contributed by atoms with Crippen molar-refractivity contribution in [1.29, 1.82) is 0 Å². The second kappa shape index (κ2) is 4.53. The van der Waals surface area contributed by atoms with Crippen molar-refractivity contribution in [3.63, 3.8) is 0 Å². The van der Waals surface area contributed by atoms with Gasteiger partial charge in [-0.3, -0.25) is 0 Å². The molecule has 0 aromatic heterocycles. The van der Waals surface area contributed by atoms with Crippen molar-refractivity contribution in [3.8, 4) is 5.75 Å². The highest BCUT2D eigenvalue weighted by atomic mass is 16.5. The van der Waals surface area contributed by atoms with Crippen molar-refractivity contribution >= 4 is 5.69 Å². The van der Waals surface area contributed by atoms with Gasteiger partial charge in [-0.25, -0.2) is 0 Å². The maximum absolute atomic E-state index is 9.03. The van der Waals surface area contributed by atoms with Crippen molar-refractivity contribution in [2.75, 3.05) is 31.7 Å². The minimum absolute atomic E-state index is 0.192. The first kappa shape index (κ1) is 10.3. The first-order chi connectivity index (χ1) is 7.36. The lowest BCUT2D eigenvalue weighted by molar-refractivity contribution is 0.300. The topological polar surface area (TPSA) is 32.7 Å². The van der Waals surface area contributed by atoms with Crippen LogP contribution in [0, 0.1) is 0 Å². The third kappa shape index (κ3) is 1.92. The Bertz CT molecular complexity index is 324. The summed E-state index contributed by atoms with van der Waals surface area (Å²) >= 11 is 0. The molecule has 0 atom stereocenters. The van der Waals surface area contributed by atoms with Gasteiger partial charge in [-0.05, 0) is 24.5 Å². The molecule has 0 unspecified atom stereocenters. The number of hydrogen-bond donors (Lipinski definition) is 1. The summed E-state index contributed by atoms with van der Waals surface area (Å²) in [5.41, 5.74) is 2.49. The van der Waals surface area contributed by atoms with Crippen LogP contribution in [0.4, 0.5) is 5.69 Å². The number of aliphatic hydroxyl groups is 1. The quantitative estimate of drug-likeness (QED) is 0.814. The molecule has 3 nitrogen and oxygen atoms in total. The highest BCUT2D eigenvalue weighted by molar-refractivity contribution is 5.65. The molecule has 0 fully saturated rings. The Morgan fingerprint density at radius 2 is 2.33 bits per heavy atom. The maximum atomic E-state index is 9.03. The minimum Gasteiger partial charge on any atom is -0.495 e. The van der Waals surface area contributed by atoms with E-state index in [1.165, 1.54) is 11.3 Å². The second-order valence-electron chi connectivity index (χ2n) is 3.78. The Morgan fingerprint density at radius 1 is 1.47 bits per heavy atom. The number of ether oxygens (including phenoxy) is 1. The lowest BCUT2D eigenvalue weighted by Gasteiger charge is -2.32. The van der Waals surface area contributed by atoms with Crippen LogP contribution >= 0.6 is 0 Å². The van der Waals surface area contributed by atoms with E-state index < -0.39 is 0 Å². The van der Waals surface area contributed by atoms with Gasteiger partial charge < -0.3 is 14.7 Å². The fraction of sp³-hybridized carbons (Fsp3) is 0.500. The Balaban J connectivity index is 2.38. The molecule has 0 spiro atoms. The van der Waals surface area contributed by atoms with Gasteiger partial charge in [0, 0.05) is 13.1 Å². The third-order valence-electron chi connectivity index (χ3n) is 2.86. The summed E-state index contributed by atoms with van der Waals surface area (Å²) in [6.45, 7) is 1.89. The zero-order valence-corrected chi connectivity index (χ0v) is 9.07. The smallest absolute Gasteiger partial charge is 0.142 e. The summed E-state index contributed by atoms with van der Waals surface area (Å²) in [4.78, 5) is 2.21. The maximum Gasteiger partial charge on any atom is 0.142 e. The SMILES string of the molecule is COc1cccc2c1N(CCO)CCC2. The highest BCUT2D eigenvalue weighted by Crippen LogP contribution is 2.35. The molecular weight excluding hydrogens is 190 g/mol. The van der Waals surface area contributed by atoms with E-state index in [1.807, 2.05) is 12.1 Å². The number of methoxy groups -OCH3 is 1. The molecule has 0 radical (unpaired) electrons. The molecule has 1 heterocycles. The van der Waals surface area contributed by atoms with Crippen LogP contribution in [0.25, 0.3) is 0 Å². The van der Waals surface area contributed by atoms with Crippen LogP contribution in [0.2, 0.25) is 0 Å².